The second-order valence-electron chi connectivity index (χ2n) is 5.85. The predicted octanol–water partition coefficient (Wildman–Crippen LogP) is 3.99. The van der Waals surface area contributed by atoms with Crippen LogP contribution in [0.2, 0.25) is 25.2 Å². The molecule has 1 aliphatic rings. The molecule has 2 rings (SSSR count). The molecule has 1 aromatic carbocycles. The first-order valence-corrected chi connectivity index (χ1v) is 9.82. The van der Waals surface area contributed by atoms with Crippen molar-refractivity contribution in [3.63, 3.8) is 0 Å². The molecule has 0 aliphatic carbocycles. The van der Waals surface area contributed by atoms with Crippen LogP contribution in [0.15, 0.2) is 30.3 Å². The van der Waals surface area contributed by atoms with Crippen LogP contribution in [0.4, 0.5) is 5.69 Å². The summed E-state index contributed by atoms with van der Waals surface area (Å²) in [6, 6.07) is 14.5. The van der Waals surface area contributed by atoms with E-state index in [0.29, 0.717) is 6.04 Å². The Morgan fingerprint density at radius 2 is 1.88 bits per heavy atom. The minimum atomic E-state index is -0.920. The molecule has 0 N–H and O–H groups in total. The Labute approximate surface area is 100 Å². The van der Waals surface area contributed by atoms with Gasteiger partial charge in [-0.15, -0.1) is 0 Å². The van der Waals surface area contributed by atoms with Gasteiger partial charge in [0.25, 0.3) is 0 Å². The van der Waals surface area contributed by atoms with Crippen LogP contribution in [-0.4, -0.2) is 20.7 Å². The number of anilines is 1. The highest BCUT2D eigenvalue weighted by Crippen LogP contribution is 2.29. The molecule has 88 valence electrons. The molecule has 1 nitrogen and oxygen atoms in total. The Morgan fingerprint density at radius 3 is 2.56 bits per heavy atom. The molecule has 1 atom stereocenters. The summed E-state index contributed by atoms with van der Waals surface area (Å²) in [4.78, 5) is 2.60. The molecule has 1 aromatic rings. The number of hydrogen-bond donors (Lipinski definition) is 0. The molecule has 0 amide bonds. The lowest BCUT2D eigenvalue weighted by atomic mass is 10.2. The minimum Gasteiger partial charge on any atom is -0.369 e. The minimum absolute atomic E-state index is 0.714. The fraction of sp³-hybridized carbons (Fsp3) is 0.571. The van der Waals surface area contributed by atoms with Gasteiger partial charge in [0.2, 0.25) is 0 Å². The van der Waals surface area contributed by atoms with Crippen LogP contribution < -0.4 is 4.90 Å². The molecule has 1 unspecified atom stereocenters. The highest BCUT2D eigenvalue weighted by atomic mass is 28.3. The third kappa shape index (κ3) is 2.67. The Balaban J connectivity index is 2.17. The number of hydrogen-bond acceptors (Lipinski definition) is 1. The predicted molar refractivity (Wildman–Crippen MR) is 75.0 cm³/mol. The van der Waals surface area contributed by atoms with Crippen LogP contribution in [0.25, 0.3) is 0 Å². The molecule has 0 bridgehead atoms. The SMILES string of the molecule is CC1C[Si](C)(C)CCCN1c1ccccc1. The summed E-state index contributed by atoms with van der Waals surface area (Å²) in [6.07, 6.45) is 1.37. The average molecular weight is 233 g/mol. The van der Waals surface area contributed by atoms with Crippen molar-refractivity contribution in [2.45, 2.75) is 44.6 Å². The monoisotopic (exact) mass is 233 g/mol. The van der Waals surface area contributed by atoms with Gasteiger partial charge in [0.1, 0.15) is 0 Å². The molecule has 0 aromatic heterocycles. The molecule has 0 radical (unpaired) electrons. The average Bonchev–Trinajstić information content (AvgIpc) is 2.37. The van der Waals surface area contributed by atoms with E-state index in [1.165, 1.54) is 30.7 Å². The van der Waals surface area contributed by atoms with Crippen molar-refractivity contribution < 1.29 is 0 Å². The Morgan fingerprint density at radius 1 is 1.19 bits per heavy atom. The Hall–Kier alpha value is -0.763. The molecule has 1 aliphatic heterocycles. The van der Waals surface area contributed by atoms with E-state index in [0.717, 1.165) is 0 Å². The van der Waals surface area contributed by atoms with Gasteiger partial charge in [-0.05, 0) is 31.5 Å². The van der Waals surface area contributed by atoms with Crippen molar-refractivity contribution in [3.8, 4) is 0 Å². The third-order valence-electron chi connectivity index (χ3n) is 3.72. The Bertz CT molecular complexity index is 334. The summed E-state index contributed by atoms with van der Waals surface area (Å²) in [5.74, 6) is 0. The molecule has 1 fully saturated rings. The fourth-order valence-corrected chi connectivity index (χ4v) is 6.10. The van der Waals surface area contributed by atoms with Crippen LogP contribution in [0.5, 0.6) is 0 Å². The van der Waals surface area contributed by atoms with E-state index >= 15 is 0 Å². The topological polar surface area (TPSA) is 3.24 Å². The fourth-order valence-electron chi connectivity index (χ4n) is 2.96. The van der Waals surface area contributed by atoms with E-state index in [-0.39, 0.29) is 0 Å². The van der Waals surface area contributed by atoms with Gasteiger partial charge >= 0.3 is 0 Å². The number of para-hydroxylation sites is 1. The molecule has 0 spiro atoms. The Kier molecular flexibility index (Phi) is 3.38. The van der Waals surface area contributed by atoms with E-state index in [1.54, 1.807) is 0 Å². The first kappa shape index (κ1) is 11.7. The molecular formula is C14H23NSi. The zero-order chi connectivity index (χ0) is 11.6. The summed E-state index contributed by atoms with van der Waals surface area (Å²) in [5, 5.41) is 0. The van der Waals surface area contributed by atoms with Crippen molar-refractivity contribution in [1.82, 2.24) is 0 Å². The second kappa shape index (κ2) is 4.62. The van der Waals surface area contributed by atoms with Gasteiger partial charge < -0.3 is 4.90 Å². The van der Waals surface area contributed by atoms with Crippen molar-refractivity contribution in [3.05, 3.63) is 30.3 Å². The van der Waals surface area contributed by atoms with Crippen LogP contribution in [0.1, 0.15) is 13.3 Å². The van der Waals surface area contributed by atoms with E-state index in [4.69, 9.17) is 0 Å². The van der Waals surface area contributed by atoms with Crippen LogP contribution in [0, 0.1) is 0 Å². The van der Waals surface area contributed by atoms with E-state index < -0.39 is 8.07 Å². The van der Waals surface area contributed by atoms with Crippen LogP contribution >= 0.6 is 0 Å². The normalized spacial score (nSPS) is 25.2. The highest BCUT2D eigenvalue weighted by Gasteiger charge is 2.29. The van der Waals surface area contributed by atoms with Crippen LogP contribution in [0.3, 0.4) is 0 Å². The largest absolute Gasteiger partial charge is 0.369 e. The number of rotatable bonds is 1. The summed E-state index contributed by atoms with van der Waals surface area (Å²) >= 11 is 0. The standard InChI is InChI=1S/C14H23NSi/c1-13-12-16(2,3)11-7-10-15(13)14-8-5-4-6-9-14/h4-6,8-9,13H,7,10-12H2,1-3H3. The summed E-state index contributed by atoms with van der Waals surface area (Å²) in [7, 11) is -0.920. The maximum Gasteiger partial charge on any atom is 0.0494 e. The van der Waals surface area contributed by atoms with Gasteiger partial charge in [-0.25, -0.2) is 0 Å². The lowest BCUT2D eigenvalue weighted by Gasteiger charge is -2.31. The third-order valence-corrected chi connectivity index (χ3v) is 7.12. The van der Waals surface area contributed by atoms with Gasteiger partial charge in [0, 0.05) is 26.3 Å². The maximum absolute atomic E-state index is 2.60. The van der Waals surface area contributed by atoms with Crippen molar-refractivity contribution in [2.75, 3.05) is 11.4 Å². The first-order valence-electron chi connectivity index (χ1n) is 6.40. The van der Waals surface area contributed by atoms with Gasteiger partial charge in [-0.2, -0.15) is 0 Å². The highest BCUT2D eigenvalue weighted by molar-refractivity contribution is 6.77. The molecule has 1 heterocycles. The second-order valence-corrected chi connectivity index (χ2v) is 11.1. The van der Waals surface area contributed by atoms with Crippen LogP contribution in [-0.2, 0) is 0 Å². The van der Waals surface area contributed by atoms with Gasteiger partial charge in [0.15, 0.2) is 0 Å². The smallest absolute Gasteiger partial charge is 0.0494 e. The molecular weight excluding hydrogens is 210 g/mol. The number of nitrogens with zero attached hydrogens (tertiary/aromatic N) is 1. The van der Waals surface area contributed by atoms with Gasteiger partial charge in [-0.1, -0.05) is 37.3 Å². The van der Waals surface area contributed by atoms with E-state index in [9.17, 15) is 0 Å². The molecule has 1 saturated heterocycles. The number of benzene rings is 1. The first-order chi connectivity index (χ1) is 7.58. The van der Waals surface area contributed by atoms with Crippen molar-refractivity contribution in [2.24, 2.45) is 0 Å². The van der Waals surface area contributed by atoms with Gasteiger partial charge in [-0.3, -0.25) is 0 Å². The zero-order valence-electron chi connectivity index (χ0n) is 10.7. The molecule has 0 saturated carbocycles. The maximum atomic E-state index is 2.60. The van der Waals surface area contributed by atoms with Crippen molar-refractivity contribution in [1.29, 1.82) is 0 Å². The van der Waals surface area contributed by atoms with E-state index in [2.05, 4.69) is 55.2 Å². The summed E-state index contributed by atoms with van der Waals surface area (Å²) in [6.45, 7) is 8.71. The van der Waals surface area contributed by atoms with Crippen molar-refractivity contribution >= 4 is 13.8 Å². The zero-order valence-corrected chi connectivity index (χ0v) is 11.7. The summed E-state index contributed by atoms with van der Waals surface area (Å²) < 4.78 is 0. The van der Waals surface area contributed by atoms with Gasteiger partial charge in [0.05, 0.1) is 0 Å². The van der Waals surface area contributed by atoms with E-state index in [1.807, 2.05) is 0 Å². The molecule has 16 heavy (non-hydrogen) atoms. The lowest BCUT2D eigenvalue weighted by Crippen LogP contribution is -2.36. The molecule has 2 heteroatoms. The summed E-state index contributed by atoms with van der Waals surface area (Å²) in [5.41, 5.74) is 1.40. The lowest BCUT2D eigenvalue weighted by molar-refractivity contribution is 0.685. The quantitative estimate of drug-likeness (QED) is 0.663.